The molecular formula is C12H26N2. The molecule has 0 fully saturated rings. The van der Waals surface area contributed by atoms with Crippen LogP contribution in [0.2, 0.25) is 0 Å². The molecule has 0 heterocycles. The number of nitrogens with zero attached hydrogens (tertiary/aromatic N) is 1. The van der Waals surface area contributed by atoms with E-state index in [4.69, 9.17) is 0 Å². The fraction of sp³-hybridized carbons (Fsp3) is 0.833. The molecule has 0 rings (SSSR count). The minimum absolute atomic E-state index is 0.616. The Morgan fingerprint density at radius 3 is 2.57 bits per heavy atom. The zero-order chi connectivity index (χ0) is 10.8. The van der Waals surface area contributed by atoms with Gasteiger partial charge in [0, 0.05) is 12.6 Å². The predicted molar refractivity (Wildman–Crippen MR) is 64.7 cm³/mol. The van der Waals surface area contributed by atoms with E-state index >= 15 is 0 Å². The molecule has 0 bridgehead atoms. The Morgan fingerprint density at radius 1 is 1.36 bits per heavy atom. The molecule has 0 aliphatic carbocycles. The van der Waals surface area contributed by atoms with Crippen LogP contribution in [0.25, 0.3) is 0 Å². The zero-order valence-electron chi connectivity index (χ0n) is 10.1. The lowest BCUT2D eigenvalue weighted by molar-refractivity contribution is 0.310. The summed E-state index contributed by atoms with van der Waals surface area (Å²) in [7, 11) is 0. The Morgan fingerprint density at radius 2 is 2.07 bits per heavy atom. The van der Waals surface area contributed by atoms with Crippen molar-refractivity contribution in [2.24, 2.45) is 0 Å². The van der Waals surface area contributed by atoms with Crippen LogP contribution in [0, 0.1) is 0 Å². The summed E-state index contributed by atoms with van der Waals surface area (Å²) in [4.78, 5) is 2.42. The highest BCUT2D eigenvalue weighted by molar-refractivity contribution is 4.72. The first kappa shape index (κ1) is 13.7. The molecule has 0 atom stereocenters. The molecule has 0 aromatic heterocycles. The molecule has 1 N–H and O–H groups in total. The Labute approximate surface area is 89.4 Å². The standard InChI is InChI=1S/C12H26N2/c1-5-10-14(6-2)11-8-7-9-13-12(3)4/h5,12-13H,1,6-11H2,2-4H3. The number of unbranched alkanes of at least 4 members (excludes halogenated alkanes) is 1. The molecule has 0 aromatic carbocycles. The molecule has 0 aromatic rings. The molecular weight excluding hydrogens is 172 g/mol. The van der Waals surface area contributed by atoms with E-state index < -0.39 is 0 Å². The Balaban J connectivity index is 3.28. The maximum atomic E-state index is 3.76. The van der Waals surface area contributed by atoms with E-state index in [9.17, 15) is 0 Å². The Hall–Kier alpha value is -0.340. The lowest BCUT2D eigenvalue weighted by atomic mass is 10.2. The van der Waals surface area contributed by atoms with Crippen molar-refractivity contribution in [3.05, 3.63) is 12.7 Å². The molecule has 0 saturated carbocycles. The molecule has 84 valence electrons. The second-order valence-electron chi connectivity index (χ2n) is 4.00. The van der Waals surface area contributed by atoms with E-state index in [2.05, 4.69) is 37.6 Å². The van der Waals surface area contributed by atoms with Crippen molar-refractivity contribution in [1.82, 2.24) is 10.2 Å². The van der Waals surface area contributed by atoms with Crippen molar-refractivity contribution in [2.75, 3.05) is 26.2 Å². The van der Waals surface area contributed by atoms with Gasteiger partial charge in [0.05, 0.1) is 0 Å². The van der Waals surface area contributed by atoms with Gasteiger partial charge < -0.3 is 5.32 Å². The van der Waals surface area contributed by atoms with Crippen LogP contribution in [-0.4, -0.2) is 37.1 Å². The predicted octanol–water partition coefficient (Wildman–Crippen LogP) is 2.27. The molecule has 2 heteroatoms. The monoisotopic (exact) mass is 198 g/mol. The summed E-state index contributed by atoms with van der Waals surface area (Å²) in [6.45, 7) is 14.8. The largest absolute Gasteiger partial charge is 0.315 e. The SMILES string of the molecule is C=CCN(CC)CCCCNC(C)C. The Kier molecular flexibility index (Phi) is 9.00. The summed E-state index contributed by atoms with van der Waals surface area (Å²) < 4.78 is 0. The van der Waals surface area contributed by atoms with Gasteiger partial charge in [-0.2, -0.15) is 0 Å². The summed E-state index contributed by atoms with van der Waals surface area (Å²) in [6.07, 6.45) is 4.53. The second kappa shape index (κ2) is 9.22. The summed E-state index contributed by atoms with van der Waals surface area (Å²) in [5.41, 5.74) is 0. The highest BCUT2D eigenvalue weighted by Gasteiger charge is 1.98. The average molecular weight is 198 g/mol. The third kappa shape index (κ3) is 8.27. The van der Waals surface area contributed by atoms with Crippen LogP contribution >= 0.6 is 0 Å². The lowest BCUT2D eigenvalue weighted by Crippen LogP contribution is -2.27. The van der Waals surface area contributed by atoms with Gasteiger partial charge in [0.25, 0.3) is 0 Å². The van der Waals surface area contributed by atoms with Gasteiger partial charge in [-0.15, -0.1) is 6.58 Å². The molecule has 0 unspecified atom stereocenters. The van der Waals surface area contributed by atoms with Crippen molar-refractivity contribution in [3.63, 3.8) is 0 Å². The van der Waals surface area contributed by atoms with Gasteiger partial charge in [0.15, 0.2) is 0 Å². The van der Waals surface area contributed by atoms with Crippen molar-refractivity contribution in [2.45, 2.75) is 39.7 Å². The van der Waals surface area contributed by atoms with E-state index in [1.807, 2.05) is 6.08 Å². The van der Waals surface area contributed by atoms with Gasteiger partial charge in [0.1, 0.15) is 0 Å². The van der Waals surface area contributed by atoms with Gasteiger partial charge >= 0.3 is 0 Å². The highest BCUT2D eigenvalue weighted by atomic mass is 15.1. The summed E-state index contributed by atoms with van der Waals surface area (Å²) in [5.74, 6) is 0. The molecule has 14 heavy (non-hydrogen) atoms. The molecule has 0 radical (unpaired) electrons. The molecule has 0 aliphatic heterocycles. The first-order valence-corrected chi connectivity index (χ1v) is 5.77. The van der Waals surface area contributed by atoms with Crippen LogP contribution in [0.4, 0.5) is 0 Å². The number of hydrogen-bond acceptors (Lipinski definition) is 2. The molecule has 0 aliphatic rings. The van der Waals surface area contributed by atoms with Crippen LogP contribution < -0.4 is 5.32 Å². The van der Waals surface area contributed by atoms with Crippen LogP contribution in [0.15, 0.2) is 12.7 Å². The van der Waals surface area contributed by atoms with Gasteiger partial charge in [-0.25, -0.2) is 0 Å². The van der Waals surface area contributed by atoms with Gasteiger partial charge in [0.2, 0.25) is 0 Å². The zero-order valence-corrected chi connectivity index (χ0v) is 10.1. The maximum absolute atomic E-state index is 3.76. The van der Waals surface area contributed by atoms with Crippen LogP contribution in [0.3, 0.4) is 0 Å². The number of nitrogens with one attached hydrogen (secondary N) is 1. The molecule has 0 amide bonds. The molecule has 2 nitrogen and oxygen atoms in total. The van der Waals surface area contributed by atoms with E-state index in [0.29, 0.717) is 6.04 Å². The summed E-state index contributed by atoms with van der Waals surface area (Å²) >= 11 is 0. The van der Waals surface area contributed by atoms with Gasteiger partial charge in [-0.3, -0.25) is 4.90 Å². The summed E-state index contributed by atoms with van der Waals surface area (Å²) in [5, 5.41) is 3.43. The van der Waals surface area contributed by atoms with Gasteiger partial charge in [-0.1, -0.05) is 26.8 Å². The lowest BCUT2D eigenvalue weighted by Gasteiger charge is -2.18. The van der Waals surface area contributed by atoms with Gasteiger partial charge in [-0.05, 0) is 32.5 Å². The van der Waals surface area contributed by atoms with E-state index in [0.717, 1.165) is 19.6 Å². The smallest absolute Gasteiger partial charge is 0.0160 e. The number of likely N-dealkylation sites (N-methyl/N-ethyl adjacent to an activating group) is 1. The molecule has 0 saturated heterocycles. The van der Waals surface area contributed by atoms with Crippen molar-refractivity contribution < 1.29 is 0 Å². The average Bonchev–Trinajstić information content (AvgIpc) is 2.15. The first-order chi connectivity index (χ1) is 6.70. The van der Waals surface area contributed by atoms with E-state index in [-0.39, 0.29) is 0 Å². The van der Waals surface area contributed by atoms with Crippen LogP contribution in [0.5, 0.6) is 0 Å². The van der Waals surface area contributed by atoms with Crippen molar-refractivity contribution in [3.8, 4) is 0 Å². The minimum atomic E-state index is 0.616. The van der Waals surface area contributed by atoms with Crippen molar-refractivity contribution >= 4 is 0 Å². The normalized spacial score (nSPS) is 11.2. The number of rotatable bonds is 9. The van der Waals surface area contributed by atoms with Crippen LogP contribution in [0.1, 0.15) is 33.6 Å². The first-order valence-electron chi connectivity index (χ1n) is 5.77. The fourth-order valence-corrected chi connectivity index (χ4v) is 1.41. The quantitative estimate of drug-likeness (QED) is 0.452. The minimum Gasteiger partial charge on any atom is -0.315 e. The van der Waals surface area contributed by atoms with E-state index in [1.54, 1.807) is 0 Å². The molecule has 0 spiro atoms. The highest BCUT2D eigenvalue weighted by Crippen LogP contribution is 1.95. The Bertz CT molecular complexity index is 132. The van der Waals surface area contributed by atoms with Crippen molar-refractivity contribution in [1.29, 1.82) is 0 Å². The third-order valence-corrected chi connectivity index (χ3v) is 2.29. The maximum Gasteiger partial charge on any atom is 0.0160 e. The third-order valence-electron chi connectivity index (χ3n) is 2.29. The van der Waals surface area contributed by atoms with Crippen LogP contribution in [-0.2, 0) is 0 Å². The fourth-order valence-electron chi connectivity index (χ4n) is 1.41. The van der Waals surface area contributed by atoms with E-state index in [1.165, 1.54) is 19.4 Å². The topological polar surface area (TPSA) is 15.3 Å². The summed E-state index contributed by atoms with van der Waals surface area (Å²) in [6, 6.07) is 0.616. The number of hydrogen-bond donors (Lipinski definition) is 1. The second-order valence-corrected chi connectivity index (χ2v) is 4.00.